The van der Waals surface area contributed by atoms with Gasteiger partial charge in [0.25, 0.3) is 0 Å². The van der Waals surface area contributed by atoms with Crippen molar-refractivity contribution in [3.8, 4) is 5.95 Å². The van der Waals surface area contributed by atoms with E-state index in [-0.39, 0.29) is 0 Å². The van der Waals surface area contributed by atoms with Crippen molar-refractivity contribution in [1.82, 2.24) is 14.5 Å². The second-order valence-corrected chi connectivity index (χ2v) is 6.89. The van der Waals surface area contributed by atoms with Gasteiger partial charge in [-0.05, 0) is 41.7 Å². The molecule has 0 bridgehead atoms. The maximum Gasteiger partial charge on any atom is 0.488 e. The molecule has 0 aliphatic heterocycles. The molecule has 2 aromatic heterocycles. The number of anilines is 1. The fraction of sp³-hybridized carbons (Fsp3) is 0.143. The number of hydrogen-bond acceptors (Lipinski definition) is 6. The molecule has 0 amide bonds. The van der Waals surface area contributed by atoms with Crippen LogP contribution in [0.15, 0.2) is 60.8 Å². The summed E-state index contributed by atoms with van der Waals surface area (Å²) in [6, 6.07) is 17.1. The highest BCUT2D eigenvalue weighted by Gasteiger charge is 2.13. The lowest BCUT2D eigenvalue weighted by Crippen LogP contribution is -2.30. The first-order valence-corrected chi connectivity index (χ1v) is 9.39. The number of rotatable bonds is 6. The molecule has 4 rings (SSSR count). The quantitative estimate of drug-likeness (QED) is 0.373. The van der Waals surface area contributed by atoms with Crippen LogP contribution in [0.2, 0.25) is 0 Å². The number of nitrogens with two attached hydrogens (primary N) is 1. The number of hydrogen-bond donors (Lipinski definition) is 4. The molecule has 2 heterocycles. The first kappa shape index (κ1) is 19.1. The molecule has 29 heavy (non-hydrogen) atoms. The third kappa shape index (κ3) is 3.86. The molecule has 0 fully saturated rings. The maximum atomic E-state index is 9.33. The lowest BCUT2D eigenvalue weighted by atomic mass is 9.80. The van der Waals surface area contributed by atoms with E-state index in [2.05, 4.69) is 21.4 Å². The number of aryl methyl sites for hydroxylation is 1. The molecule has 0 aliphatic carbocycles. The van der Waals surface area contributed by atoms with Crippen LogP contribution in [-0.4, -0.2) is 31.7 Å². The highest BCUT2D eigenvalue weighted by atomic mass is 16.4. The number of aromatic nitrogens is 3. The molecule has 0 atom stereocenters. The van der Waals surface area contributed by atoms with Gasteiger partial charge in [-0.25, -0.2) is 4.98 Å². The predicted octanol–water partition coefficient (Wildman–Crippen LogP) is 1.48. The van der Waals surface area contributed by atoms with Gasteiger partial charge in [0.2, 0.25) is 5.95 Å². The van der Waals surface area contributed by atoms with Gasteiger partial charge >= 0.3 is 7.12 Å². The van der Waals surface area contributed by atoms with Crippen LogP contribution >= 0.6 is 0 Å². The second kappa shape index (κ2) is 8.04. The molecule has 146 valence electrons. The largest absolute Gasteiger partial charge is 0.488 e. The lowest BCUT2D eigenvalue weighted by molar-refractivity contribution is 0.425. The summed E-state index contributed by atoms with van der Waals surface area (Å²) in [5.74, 6) is 1.26. The van der Waals surface area contributed by atoms with E-state index in [1.165, 1.54) is 0 Å². The average Bonchev–Trinajstić information content (AvgIpc) is 3.08. The van der Waals surface area contributed by atoms with Crippen molar-refractivity contribution in [3.05, 3.63) is 77.6 Å². The Morgan fingerprint density at radius 2 is 1.93 bits per heavy atom. The zero-order valence-corrected chi connectivity index (χ0v) is 16.1. The Morgan fingerprint density at radius 3 is 2.72 bits per heavy atom. The summed E-state index contributed by atoms with van der Waals surface area (Å²) in [5.41, 5.74) is 10.4. The Morgan fingerprint density at radius 1 is 1.10 bits per heavy atom. The topological polar surface area (TPSA) is 109 Å². The van der Waals surface area contributed by atoms with E-state index in [1.54, 1.807) is 30.5 Å². The molecule has 0 spiro atoms. The number of fused-ring (bicyclic) bond motifs is 1. The minimum atomic E-state index is -1.48. The van der Waals surface area contributed by atoms with Crippen molar-refractivity contribution in [2.24, 2.45) is 5.73 Å². The number of nitrogens with one attached hydrogen (secondary N) is 1. The Hall–Kier alpha value is -3.20. The van der Waals surface area contributed by atoms with E-state index in [0.29, 0.717) is 30.3 Å². The van der Waals surface area contributed by atoms with Crippen molar-refractivity contribution >= 4 is 29.3 Å². The number of nitrogens with zero attached hydrogens (tertiary/aromatic N) is 3. The van der Waals surface area contributed by atoms with Gasteiger partial charge in [-0.1, -0.05) is 36.4 Å². The normalized spacial score (nSPS) is 11.0. The molecule has 0 unspecified atom stereocenters. The van der Waals surface area contributed by atoms with Crippen LogP contribution in [0.1, 0.15) is 16.8 Å². The fourth-order valence-corrected chi connectivity index (χ4v) is 3.48. The molecule has 0 aliphatic rings. The predicted molar refractivity (Wildman–Crippen MR) is 115 cm³/mol. The van der Waals surface area contributed by atoms with Crippen molar-refractivity contribution in [1.29, 1.82) is 0 Å². The molecule has 5 N–H and O–H groups in total. The van der Waals surface area contributed by atoms with Gasteiger partial charge in [0.15, 0.2) is 0 Å². The monoisotopic (exact) mass is 387 g/mol. The average molecular weight is 387 g/mol. The summed E-state index contributed by atoms with van der Waals surface area (Å²) in [5, 5.41) is 23.0. The maximum absolute atomic E-state index is 9.33. The first-order valence-electron chi connectivity index (χ1n) is 9.39. The summed E-state index contributed by atoms with van der Waals surface area (Å²) in [4.78, 5) is 9.12. The molecule has 0 radical (unpaired) electrons. The summed E-state index contributed by atoms with van der Waals surface area (Å²) >= 11 is 0. The van der Waals surface area contributed by atoms with Gasteiger partial charge in [0.1, 0.15) is 5.82 Å². The van der Waals surface area contributed by atoms with Crippen LogP contribution in [0.25, 0.3) is 16.9 Å². The van der Waals surface area contributed by atoms with Gasteiger partial charge in [-0.3, -0.25) is 4.57 Å². The smallest absolute Gasteiger partial charge is 0.423 e. The summed E-state index contributed by atoms with van der Waals surface area (Å²) < 4.78 is 2.02. The molecular formula is C21H22BN5O2. The van der Waals surface area contributed by atoms with E-state index in [4.69, 9.17) is 5.73 Å². The van der Waals surface area contributed by atoms with Crippen LogP contribution in [0.4, 0.5) is 5.82 Å². The molecular weight excluding hydrogens is 365 g/mol. The van der Waals surface area contributed by atoms with Crippen molar-refractivity contribution in [3.63, 3.8) is 0 Å². The van der Waals surface area contributed by atoms with Gasteiger partial charge in [0.05, 0.1) is 5.52 Å². The highest BCUT2D eigenvalue weighted by molar-refractivity contribution is 6.58. The number of benzene rings is 2. The summed E-state index contributed by atoms with van der Waals surface area (Å²) in [6.45, 7) is 3.00. The van der Waals surface area contributed by atoms with Gasteiger partial charge in [-0.2, -0.15) is 4.98 Å². The zero-order valence-electron chi connectivity index (χ0n) is 16.1. The van der Waals surface area contributed by atoms with Crippen LogP contribution in [-0.2, 0) is 13.1 Å². The first-order chi connectivity index (χ1) is 14.1. The fourth-order valence-electron chi connectivity index (χ4n) is 3.48. The van der Waals surface area contributed by atoms with Crippen molar-refractivity contribution in [2.75, 3.05) is 5.32 Å². The second-order valence-electron chi connectivity index (χ2n) is 6.89. The summed E-state index contributed by atoms with van der Waals surface area (Å²) in [7, 11) is -1.48. The Bertz CT molecular complexity index is 1160. The van der Waals surface area contributed by atoms with E-state index in [9.17, 15) is 10.0 Å². The third-order valence-corrected chi connectivity index (χ3v) is 4.91. The van der Waals surface area contributed by atoms with Crippen LogP contribution in [0, 0.1) is 6.92 Å². The van der Waals surface area contributed by atoms with E-state index < -0.39 is 7.12 Å². The minimum Gasteiger partial charge on any atom is -0.423 e. The molecule has 4 aromatic rings. The van der Waals surface area contributed by atoms with Gasteiger partial charge in [-0.15, -0.1) is 0 Å². The zero-order chi connectivity index (χ0) is 20.4. The molecule has 0 saturated carbocycles. The van der Waals surface area contributed by atoms with Crippen molar-refractivity contribution < 1.29 is 10.0 Å². The van der Waals surface area contributed by atoms with Crippen LogP contribution < -0.4 is 16.5 Å². The molecule has 7 nitrogen and oxygen atoms in total. The van der Waals surface area contributed by atoms with Crippen LogP contribution in [0.5, 0.6) is 0 Å². The van der Waals surface area contributed by atoms with Crippen LogP contribution in [0.3, 0.4) is 0 Å². The Balaban J connectivity index is 1.62. The molecule has 8 heteroatoms. The van der Waals surface area contributed by atoms with E-state index in [0.717, 1.165) is 27.7 Å². The highest BCUT2D eigenvalue weighted by Crippen LogP contribution is 2.25. The molecule has 0 saturated heterocycles. The Labute approximate surface area is 169 Å². The van der Waals surface area contributed by atoms with Gasteiger partial charge < -0.3 is 21.1 Å². The standard InChI is InChI=1S/C21H22BN5O2/c1-14-10-18-16(12-23)5-3-7-19(18)27(14)21-24-9-8-20(26-21)25-13-15-4-2-6-17(11-15)22(28)29/h2-11,28-29H,12-13,23H2,1H3,(H,24,25,26). The van der Waals surface area contributed by atoms with Gasteiger partial charge in [0, 0.05) is 30.4 Å². The van der Waals surface area contributed by atoms with E-state index in [1.807, 2.05) is 35.8 Å². The van der Waals surface area contributed by atoms with E-state index >= 15 is 0 Å². The third-order valence-electron chi connectivity index (χ3n) is 4.91. The summed E-state index contributed by atoms with van der Waals surface area (Å²) in [6.07, 6.45) is 1.72. The lowest BCUT2D eigenvalue weighted by Gasteiger charge is -2.11. The SMILES string of the molecule is Cc1cc2c(CN)cccc2n1-c1nccc(NCc2cccc(B(O)O)c2)n1. The van der Waals surface area contributed by atoms with Crippen molar-refractivity contribution in [2.45, 2.75) is 20.0 Å². The Kier molecular flexibility index (Phi) is 5.31. The molecule has 2 aromatic carbocycles. The minimum absolute atomic E-state index is 0.456.